The number of guanidine groups is 1. The number of carboxylic acid groups (broad SMARTS) is 1. The highest BCUT2D eigenvalue weighted by Gasteiger charge is 2.32. The Balaban J connectivity index is 5.42. The molecule has 0 spiro atoms. The van der Waals surface area contributed by atoms with Crippen LogP contribution in [-0.4, -0.2) is 77.3 Å². The number of primary amides is 2. The van der Waals surface area contributed by atoms with Gasteiger partial charge in [-0.3, -0.25) is 29.0 Å². The number of hydrogen-bond acceptors (Lipinski definition) is 8. The van der Waals surface area contributed by atoms with Crippen molar-refractivity contribution in [1.82, 2.24) is 16.0 Å². The number of rotatable bonds is 18. The lowest BCUT2D eigenvalue weighted by atomic mass is 10.0. The lowest BCUT2D eigenvalue weighted by Crippen LogP contribution is -2.58. The molecule has 0 saturated heterocycles. The number of carbonyl (C=O) groups is 6. The van der Waals surface area contributed by atoms with Gasteiger partial charge < -0.3 is 49.7 Å². The number of nitrogens with zero attached hydrogens (tertiary/aromatic N) is 1. The lowest BCUT2D eigenvalue weighted by Gasteiger charge is -2.27. The number of aliphatic imine (C=N–C) groups is 1. The van der Waals surface area contributed by atoms with E-state index < -0.39 is 65.6 Å². The number of aliphatic carboxylic acids is 1. The van der Waals surface area contributed by atoms with Gasteiger partial charge in [0.15, 0.2) is 5.96 Å². The van der Waals surface area contributed by atoms with Crippen LogP contribution in [0.1, 0.15) is 52.4 Å². The van der Waals surface area contributed by atoms with E-state index in [1.165, 1.54) is 0 Å². The van der Waals surface area contributed by atoms with Crippen molar-refractivity contribution in [3.05, 3.63) is 0 Å². The highest BCUT2D eigenvalue weighted by Crippen LogP contribution is 2.07. The van der Waals surface area contributed by atoms with Gasteiger partial charge in [-0.05, 0) is 31.6 Å². The fraction of sp³-hybridized carbons (Fsp3) is 0.667. The Morgan fingerprint density at radius 2 is 1.27 bits per heavy atom. The normalized spacial score (nSPS) is 13.9. The zero-order valence-electron chi connectivity index (χ0n) is 21.1. The van der Waals surface area contributed by atoms with Crippen molar-refractivity contribution in [1.29, 1.82) is 0 Å². The van der Waals surface area contributed by atoms with Crippen molar-refractivity contribution in [3.8, 4) is 0 Å². The van der Waals surface area contributed by atoms with E-state index in [9.17, 15) is 33.9 Å². The maximum Gasteiger partial charge on any atom is 0.326 e. The van der Waals surface area contributed by atoms with Crippen molar-refractivity contribution in [2.24, 2.45) is 39.6 Å². The first-order chi connectivity index (χ1) is 17.1. The maximum absolute atomic E-state index is 13.0. The van der Waals surface area contributed by atoms with Gasteiger partial charge in [-0.25, -0.2) is 4.79 Å². The fourth-order valence-electron chi connectivity index (χ4n) is 3.08. The minimum atomic E-state index is -1.42. The van der Waals surface area contributed by atoms with Crippen LogP contribution in [0.3, 0.4) is 0 Å². The Hall–Kier alpha value is -3.95. The van der Waals surface area contributed by atoms with Crippen LogP contribution in [0.4, 0.5) is 0 Å². The molecule has 37 heavy (non-hydrogen) atoms. The van der Waals surface area contributed by atoms with E-state index in [0.29, 0.717) is 6.42 Å². The van der Waals surface area contributed by atoms with Crippen LogP contribution in [0.5, 0.6) is 0 Å². The summed E-state index contributed by atoms with van der Waals surface area (Å²) in [5.41, 5.74) is 26.6. The topological polar surface area (TPSA) is 301 Å². The standard InChI is InChI=1S/C21H39N9O7/c1-10(2)16(19(35)29-13(20(36)37)6-8-15(24)32)30-18(34)12(5-7-14(23)31)28-17(33)11(22)4-3-9-27-21(25)26/h10-13,16H,3-9,22H2,1-2H3,(H2,23,31)(H2,24,32)(H,28,33)(H,29,35)(H,30,34)(H,36,37)(H4,25,26,27). The second-order valence-corrected chi connectivity index (χ2v) is 8.76. The molecule has 0 heterocycles. The van der Waals surface area contributed by atoms with Gasteiger partial charge in [0.2, 0.25) is 29.5 Å². The Morgan fingerprint density at radius 1 is 0.757 bits per heavy atom. The molecular weight excluding hydrogens is 490 g/mol. The van der Waals surface area contributed by atoms with Crippen molar-refractivity contribution in [3.63, 3.8) is 0 Å². The average molecular weight is 530 g/mol. The van der Waals surface area contributed by atoms with Crippen LogP contribution >= 0.6 is 0 Å². The van der Waals surface area contributed by atoms with Crippen molar-refractivity contribution >= 4 is 41.5 Å². The SMILES string of the molecule is CC(C)C(NC(=O)C(CCC(N)=O)NC(=O)C(N)CCCN=C(N)N)C(=O)NC(CCC(N)=O)C(=O)O. The summed E-state index contributed by atoms with van der Waals surface area (Å²) in [5, 5.41) is 16.5. The third kappa shape index (κ3) is 14.3. The first-order valence-corrected chi connectivity index (χ1v) is 11.7. The molecule has 16 nitrogen and oxygen atoms in total. The lowest BCUT2D eigenvalue weighted by molar-refractivity contribution is -0.143. The maximum atomic E-state index is 13.0. The van der Waals surface area contributed by atoms with Crippen LogP contribution in [0.2, 0.25) is 0 Å². The molecule has 0 aromatic carbocycles. The minimum Gasteiger partial charge on any atom is -0.480 e. The van der Waals surface area contributed by atoms with Crippen molar-refractivity contribution in [2.75, 3.05) is 6.54 Å². The molecule has 4 unspecified atom stereocenters. The van der Waals surface area contributed by atoms with E-state index >= 15 is 0 Å². The molecule has 0 aromatic rings. The van der Waals surface area contributed by atoms with Gasteiger partial charge in [-0.2, -0.15) is 0 Å². The molecule has 0 aliphatic carbocycles. The molecule has 16 heteroatoms. The van der Waals surface area contributed by atoms with E-state index in [2.05, 4.69) is 20.9 Å². The third-order valence-corrected chi connectivity index (χ3v) is 5.16. The largest absolute Gasteiger partial charge is 0.480 e. The summed E-state index contributed by atoms with van der Waals surface area (Å²) in [6, 6.07) is -4.89. The Morgan fingerprint density at radius 3 is 1.73 bits per heavy atom. The van der Waals surface area contributed by atoms with Crippen molar-refractivity contribution in [2.45, 2.75) is 76.5 Å². The summed E-state index contributed by atoms with van der Waals surface area (Å²) >= 11 is 0. The Bertz CT molecular complexity index is 859. The van der Waals surface area contributed by atoms with Crippen LogP contribution in [-0.2, 0) is 28.8 Å². The van der Waals surface area contributed by atoms with E-state index in [-0.39, 0.29) is 44.6 Å². The first kappa shape index (κ1) is 33.0. The van der Waals surface area contributed by atoms with E-state index in [1.54, 1.807) is 13.8 Å². The van der Waals surface area contributed by atoms with Gasteiger partial charge in [0.1, 0.15) is 18.1 Å². The molecule has 0 aliphatic rings. The van der Waals surface area contributed by atoms with Crippen LogP contribution < -0.4 is 44.6 Å². The molecule has 14 N–H and O–H groups in total. The minimum absolute atomic E-state index is 0.104. The van der Waals surface area contributed by atoms with Crippen LogP contribution in [0, 0.1) is 5.92 Å². The first-order valence-electron chi connectivity index (χ1n) is 11.7. The van der Waals surface area contributed by atoms with Crippen molar-refractivity contribution < 1.29 is 33.9 Å². The Labute approximate surface area is 214 Å². The zero-order chi connectivity index (χ0) is 28.7. The molecule has 0 rings (SSSR count). The van der Waals surface area contributed by atoms with Gasteiger partial charge in [0, 0.05) is 19.4 Å². The zero-order valence-corrected chi connectivity index (χ0v) is 21.1. The number of nitrogens with one attached hydrogen (secondary N) is 3. The highest BCUT2D eigenvalue weighted by atomic mass is 16.4. The second kappa shape index (κ2) is 16.7. The summed E-state index contributed by atoms with van der Waals surface area (Å²) in [7, 11) is 0. The quantitative estimate of drug-likeness (QED) is 0.0472. The fourth-order valence-corrected chi connectivity index (χ4v) is 3.08. The molecule has 5 amide bonds. The monoisotopic (exact) mass is 529 g/mol. The highest BCUT2D eigenvalue weighted by molar-refractivity contribution is 5.94. The molecule has 0 saturated carbocycles. The third-order valence-electron chi connectivity index (χ3n) is 5.16. The predicted octanol–water partition coefficient (Wildman–Crippen LogP) is -3.91. The molecule has 0 fully saturated rings. The molecule has 0 aromatic heterocycles. The smallest absolute Gasteiger partial charge is 0.326 e. The average Bonchev–Trinajstić information content (AvgIpc) is 2.78. The number of amides is 5. The molecule has 210 valence electrons. The van der Waals surface area contributed by atoms with Gasteiger partial charge in [-0.1, -0.05) is 13.8 Å². The molecule has 0 aliphatic heterocycles. The van der Waals surface area contributed by atoms with Gasteiger partial charge in [-0.15, -0.1) is 0 Å². The summed E-state index contributed by atoms with van der Waals surface area (Å²) in [5.74, 6) is -5.76. The number of nitrogens with two attached hydrogens (primary N) is 5. The van der Waals surface area contributed by atoms with E-state index in [0.717, 1.165) is 0 Å². The summed E-state index contributed by atoms with van der Waals surface area (Å²) in [6.07, 6.45) is -0.343. The summed E-state index contributed by atoms with van der Waals surface area (Å²) in [4.78, 5) is 75.8. The van der Waals surface area contributed by atoms with Gasteiger partial charge in [0.05, 0.1) is 6.04 Å². The Kier molecular flexibility index (Phi) is 14.9. The molecule has 0 bridgehead atoms. The van der Waals surface area contributed by atoms with E-state index in [1.807, 2.05) is 0 Å². The van der Waals surface area contributed by atoms with Gasteiger partial charge in [0.25, 0.3) is 0 Å². The van der Waals surface area contributed by atoms with Gasteiger partial charge >= 0.3 is 5.97 Å². The molecule has 0 radical (unpaired) electrons. The number of carbonyl (C=O) groups excluding carboxylic acids is 5. The molecular formula is C21H39N9O7. The summed E-state index contributed by atoms with van der Waals surface area (Å²) in [6.45, 7) is 3.46. The van der Waals surface area contributed by atoms with Crippen LogP contribution in [0.25, 0.3) is 0 Å². The summed E-state index contributed by atoms with van der Waals surface area (Å²) < 4.78 is 0. The molecule has 4 atom stereocenters. The van der Waals surface area contributed by atoms with E-state index in [4.69, 9.17) is 28.7 Å². The number of carboxylic acids is 1. The number of hydrogen-bond donors (Lipinski definition) is 9. The van der Waals surface area contributed by atoms with Crippen LogP contribution in [0.15, 0.2) is 4.99 Å². The predicted molar refractivity (Wildman–Crippen MR) is 133 cm³/mol. The second-order valence-electron chi connectivity index (χ2n) is 8.76.